The molecule has 2 rings (SSSR count). The molecular weight excluding hydrogens is 310 g/mol. The Morgan fingerprint density at radius 3 is 2.41 bits per heavy atom. The van der Waals surface area contributed by atoms with Crippen molar-refractivity contribution in [1.82, 2.24) is 4.31 Å². The van der Waals surface area contributed by atoms with Crippen LogP contribution in [0.15, 0.2) is 29.2 Å². The predicted molar refractivity (Wildman–Crippen MR) is 76.9 cm³/mol. The maximum Gasteiger partial charge on any atom is 0.337 e. The number of ether oxygens (including phenoxy) is 1. The van der Waals surface area contributed by atoms with Gasteiger partial charge >= 0.3 is 11.9 Å². The van der Waals surface area contributed by atoms with Crippen LogP contribution < -0.4 is 0 Å². The maximum atomic E-state index is 12.6. The second-order valence-corrected chi connectivity index (χ2v) is 6.87. The molecule has 0 bridgehead atoms. The van der Waals surface area contributed by atoms with Gasteiger partial charge in [0.05, 0.1) is 17.6 Å². The lowest BCUT2D eigenvalue weighted by molar-refractivity contribution is -0.142. The van der Waals surface area contributed by atoms with Gasteiger partial charge in [0, 0.05) is 6.54 Å². The largest absolute Gasteiger partial charge is 0.480 e. The van der Waals surface area contributed by atoms with Crippen LogP contribution in [0.4, 0.5) is 0 Å². The molecule has 1 fully saturated rings. The van der Waals surface area contributed by atoms with Gasteiger partial charge in [0.2, 0.25) is 10.0 Å². The van der Waals surface area contributed by atoms with E-state index < -0.39 is 28.0 Å². The number of hydrogen-bond donors (Lipinski definition) is 1. The molecule has 1 aromatic rings. The van der Waals surface area contributed by atoms with E-state index in [9.17, 15) is 23.1 Å². The zero-order valence-electron chi connectivity index (χ0n) is 12.1. The van der Waals surface area contributed by atoms with E-state index in [1.165, 1.54) is 31.4 Å². The number of carbonyl (C=O) groups is 2. The molecule has 0 spiro atoms. The lowest BCUT2D eigenvalue weighted by atomic mass is 10.1. The summed E-state index contributed by atoms with van der Waals surface area (Å²) in [6.45, 7) is 0.179. The third kappa shape index (κ3) is 3.12. The highest BCUT2D eigenvalue weighted by Gasteiger charge is 2.37. The standard InChI is InChI=1S/C14H17NO6S/c1-21-14(18)10-5-7-11(8-6-10)22(19,20)15-9-3-2-4-12(15)13(16)17/h5-8,12H,2-4,9H2,1H3,(H,16,17). The molecule has 1 N–H and O–H groups in total. The summed E-state index contributed by atoms with van der Waals surface area (Å²) in [5.74, 6) is -1.71. The summed E-state index contributed by atoms with van der Waals surface area (Å²) in [6.07, 6.45) is 1.61. The van der Waals surface area contributed by atoms with Gasteiger partial charge in [-0.2, -0.15) is 4.31 Å². The third-order valence-corrected chi connectivity index (χ3v) is 5.54. The van der Waals surface area contributed by atoms with Crippen LogP contribution in [-0.4, -0.2) is 49.5 Å². The van der Waals surface area contributed by atoms with Crippen LogP contribution in [0.2, 0.25) is 0 Å². The second-order valence-electron chi connectivity index (χ2n) is 4.98. The van der Waals surface area contributed by atoms with E-state index in [1.54, 1.807) is 0 Å². The summed E-state index contributed by atoms with van der Waals surface area (Å²) in [7, 11) is -2.67. The smallest absolute Gasteiger partial charge is 0.337 e. The van der Waals surface area contributed by atoms with Crippen molar-refractivity contribution >= 4 is 22.0 Å². The minimum atomic E-state index is -3.91. The number of sulfonamides is 1. The van der Waals surface area contributed by atoms with Crippen LogP contribution in [-0.2, 0) is 19.6 Å². The first-order valence-electron chi connectivity index (χ1n) is 6.81. The molecule has 0 radical (unpaired) electrons. The van der Waals surface area contributed by atoms with Gasteiger partial charge in [0.25, 0.3) is 0 Å². The third-order valence-electron chi connectivity index (χ3n) is 3.62. The van der Waals surface area contributed by atoms with Crippen LogP contribution >= 0.6 is 0 Å². The van der Waals surface area contributed by atoms with E-state index in [-0.39, 0.29) is 17.0 Å². The summed E-state index contributed by atoms with van der Waals surface area (Å²) in [6, 6.07) is 4.22. The zero-order chi connectivity index (χ0) is 16.3. The Hall–Kier alpha value is -1.93. The van der Waals surface area contributed by atoms with Crippen molar-refractivity contribution < 1.29 is 27.9 Å². The molecule has 0 saturated carbocycles. The molecule has 0 amide bonds. The number of piperidine rings is 1. The number of nitrogens with zero attached hydrogens (tertiary/aromatic N) is 1. The fourth-order valence-corrected chi connectivity index (χ4v) is 4.11. The minimum Gasteiger partial charge on any atom is -0.480 e. The highest BCUT2D eigenvalue weighted by atomic mass is 32.2. The topological polar surface area (TPSA) is 101 Å². The fourth-order valence-electron chi connectivity index (χ4n) is 2.46. The van der Waals surface area contributed by atoms with Crippen molar-refractivity contribution in [2.24, 2.45) is 0 Å². The van der Waals surface area contributed by atoms with Crippen molar-refractivity contribution in [1.29, 1.82) is 0 Å². The van der Waals surface area contributed by atoms with Crippen molar-refractivity contribution in [3.8, 4) is 0 Å². The number of hydrogen-bond acceptors (Lipinski definition) is 5. The highest BCUT2D eigenvalue weighted by Crippen LogP contribution is 2.25. The molecule has 8 heteroatoms. The van der Waals surface area contributed by atoms with Gasteiger partial charge in [-0.05, 0) is 43.5 Å². The number of carboxylic acids is 1. The van der Waals surface area contributed by atoms with Gasteiger partial charge in [0.15, 0.2) is 0 Å². The number of carbonyl (C=O) groups excluding carboxylic acids is 1. The first kappa shape index (κ1) is 16.4. The Morgan fingerprint density at radius 1 is 1.23 bits per heavy atom. The average Bonchev–Trinajstić information content (AvgIpc) is 2.54. The number of esters is 1. The normalized spacial score (nSPS) is 19.6. The van der Waals surface area contributed by atoms with Gasteiger partial charge in [-0.25, -0.2) is 13.2 Å². The molecule has 22 heavy (non-hydrogen) atoms. The molecule has 1 aliphatic rings. The SMILES string of the molecule is COC(=O)c1ccc(S(=O)(=O)N2CCCCC2C(=O)O)cc1. The average molecular weight is 327 g/mol. The van der Waals surface area contributed by atoms with E-state index in [2.05, 4.69) is 4.74 Å². The van der Waals surface area contributed by atoms with Gasteiger partial charge in [-0.3, -0.25) is 4.79 Å². The van der Waals surface area contributed by atoms with Crippen LogP contribution in [0, 0.1) is 0 Å². The van der Waals surface area contributed by atoms with Crippen molar-refractivity contribution in [3.05, 3.63) is 29.8 Å². The number of aliphatic carboxylic acids is 1. The molecule has 1 aliphatic heterocycles. The highest BCUT2D eigenvalue weighted by molar-refractivity contribution is 7.89. The molecule has 1 aromatic carbocycles. The fraction of sp³-hybridized carbons (Fsp3) is 0.429. The summed E-state index contributed by atoms with van der Waals surface area (Å²) >= 11 is 0. The van der Waals surface area contributed by atoms with Crippen molar-refractivity contribution in [2.75, 3.05) is 13.7 Å². The Balaban J connectivity index is 2.32. The van der Waals surface area contributed by atoms with E-state index >= 15 is 0 Å². The van der Waals surface area contributed by atoms with Gasteiger partial charge in [0.1, 0.15) is 6.04 Å². The summed E-state index contributed by atoms with van der Waals surface area (Å²) in [5, 5.41) is 9.20. The van der Waals surface area contributed by atoms with Crippen LogP contribution in [0.1, 0.15) is 29.6 Å². The quantitative estimate of drug-likeness (QED) is 0.831. The summed E-state index contributed by atoms with van der Waals surface area (Å²) in [5.41, 5.74) is 0.231. The van der Waals surface area contributed by atoms with Crippen molar-refractivity contribution in [2.45, 2.75) is 30.2 Å². The molecule has 1 heterocycles. The maximum absolute atomic E-state index is 12.6. The van der Waals surface area contributed by atoms with Gasteiger partial charge in [-0.1, -0.05) is 0 Å². The molecule has 1 saturated heterocycles. The summed E-state index contributed by atoms with van der Waals surface area (Å²) < 4.78 is 30.8. The number of methoxy groups -OCH3 is 1. The summed E-state index contributed by atoms with van der Waals surface area (Å²) in [4.78, 5) is 22.6. The number of benzene rings is 1. The molecule has 7 nitrogen and oxygen atoms in total. The molecule has 120 valence electrons. The lowest BCUT2D eigenvalue weighted by Gasteiger charge is -2.31. The van der Waals surface area contributed by atoms with E-state index in [0.29, 0.717) is 19.3 Å². The predicted octanol–water partition coefficient (Wildman–Crippen LogP) is 1.10. The number of carboxylic acid groups (broad SMARTS) is 1. The first-order chi connectivity index (χ1) is 10.4. The zero-order valence-corrected chi connectivity index (χ0v) is 12.9. The number of rotatable bonds is 4. The second kappa shape index (κ2) is 6.45. The monoisotopic (exact) mass is 327 g/mol. The van der Waals surface area contributed by atoms with E-state index in [0.717, 1.165) is 4.31 Å². The van der Waals surface area contributed by atoms with Crippen LogP contribution in [0.25, 0.3) is 0 Å². The minimum absolute atomic E-state index is 0.0340. The molecule has 0 aliphatic carbocycles. The van der Waals surface area contributed by atoms with Gasteiger partial charge in [-0.15, -0.1) is 0 Å². The Kier molecular flexibility index (Phi) is 4.82. The molecule has 0 aromatic heterocycles. The molecule has 1 atom stereocenters. The molecule has 1 unspecified atom stereocenters. The molecular formula is C14H17NO6S. The van der Waals surface area contributed by atoms with E-state index in [1.807, 2.05) is 0 Å². The lowest BCUT2D eigenvalue weighted by Crippen LogP contribution is -2.47. The Labute approximate surface area is 128 Å². The van der Waals surface area contributed by atoms with Crippen LogP contribution in [0.5, 0.6) is 0 Å². The van der Waals surface area contributed by atoms with Crippen LogP contribution in [0.3, 0.4) is 0 Å². The Bertz CT molecular complexity index is 667. The van der Waals surface area contributed by atoms with E-state index in [4.69, 9.17) is 0 Å². The first-order valence-corrected chi connectivity index (χ1v) is 8.25. The van der Waals surface area contributed by atoms with Crippen molar-refractivity contribution in [3.63, 3.8) is 0 Å². The van der Waals surface area contributed by atoms with Gasteiger partial charge < -0.3 is 9.84 Å². The Morgan fingerprint density at radius 2 is 1.86 bits per heavy atom.